The molecule has 1 aromatic heterocycles. The molecule has 17 heavy (non-hydrogen) atoms. The highest BCUT2D eigenvalue weighted by atomic mass is 32.1. The summed E-state index contributed by atoms with van der Waals surface area (Å²) in [6.45, 7) is 0.656. The largest absolute Gasteiger partial charge is 0.375 e. The van der Waals surface area contributed by atoms with Gasteiger partial charge >= 0.3 is 0 Å². The van der Waals surface area contributed by atoms with Gasteiger partial charge in [-0.3, -0.25) is 14.9 Å². The van der Waals surface area contributed by atoms with E-state index in [4.69, 9.17) is 4.74 Å². The maximum atomic E-state index is 11.7. The number of methoxy groups -OCH3 is 1. The minimum Gasteiger partial charge on any atom is -0.375 e. The van der Waals surface area contributed by atoms with E-state index in [-0.39, 0.29) is 18.4 Å². The van der Waals surface area contributed by atoms with E-state index in [2.05, 4.69) is 15.6 Å². The third-order valence-corrected chi connectivity index (χ3v) is 3.31. The number of carbonyl (C=O) groups is 2. The number of carbonyl (C=O) groups excluding carboxylic acids is 2. The lowest BCUT2D eigenvalue weighted by Crippen LogP contribution is -2.21. The lowest BCUT2D eigenvalue weighted by Gasteiger charge is -1.99. The number of fused-ring (bicyclic) bond motifs is 1. The Morgan fingerprint density at radius 3 is 3.24 bits per heavy atom. The molecule has 0 aromatic carbocycles. The predicted molar refractivity (Wildman–Crippen MR) is 63.3 cm³/mol. The maximum absolute atomic E-state index is 11.7. The van der Waals surface area contributed by atoms with Crippen molar-refractivity contribution in [1.82, 2.24) is 10.3 Å². The molecule has 7 heteroatoms. The minimum absolute atomic E-state index is 0.0174. The molecule has 0 fully saturated rings. The number of hydrogen-bond acceptors (Lipinski definition) is 5. The SMILES string of the molecule is COCC(=O)Nc1nc2c(s1)C(=O)NCCC2. The van der Waals surface area contributed by atoms with Crippen LogP contribution in [-0.2, 0) is 16.0 Å². The molecule has 0 radical (unpaired) electrons. The first-order chi connectivity index (χ1) is 8.20. The molecule has 6 nitrogen and oxygen atoms in total. The van der Waals surface area contributed by atoms with Gasteiger partial charge in [-0.2, -0.15) is 0 Å². The van der Waals surface area contributed by atoms with E-state index in [1.807, 2.05) is 0 Å². The van der Waals surface area contributed by atoms with Crippen LogP contribution in [0.4, 0.5) is 5.13 Å². The van der Waals surface area contributed by atoms with Crippen LogP contribution >= 0.6 is 11.3 Å². The lowest BCUT2D eigenvalue weighted by atomic mass is 10.2. The molecule has 0 unspecified atom stereocenters. The highest BCUT2D eigenvalue weighted by molar-refractivity contribution is 7.17. The number of aryl methyl sites for hydroxylation is 1. The first-order valence-corrected chi connectivity index (χ1v) is 6.09. The second-order valence-electron chi connectivity index (χ2n) is 3.64. The summed E-state index contributed by atoms with van der Waals surface area (Å²) in [5.41, 5.74) is 0.762. The summed E-state index contributed by atoms with van der Waals surface area (Å²) in [6.07, 6.45) is 1.62. The molecule has 2 rings (SSSR count). The molecule has 0 saturated heterocycles. The van der Waals surface area contributed by atoms with Gasteiger partial charge in [-0.25, -0.2) is 4.98 Å². The van der Waals surface area contributed by atoms with E-state index in [0.29, 0.717) is 16.6 Å². The molecule has 0 saturated carbocycles. The molecule has 1 aliphatic rings. The van der Waals surface area contributed by atoms with Crippen LogP contribution in [0.1, 0.15) is 21.8 Å². The third kappa shape index (κ3) is 2.80. The van der Waals surface area contributed by atoms with E-state index < -0.39 is 0 Å². The van der Waals surface area contributed by atoms with Gasteiger partial charge in [-0.1, -0.05) is 11.3 Å². The fourth-order valence-electron chi connectivity index (χ4n) is 1.58. The van der Waals surface area contributed by atoms with Crippen LogP contribution in [0.25, 0.3) is 0 Å². The van der Waals surface area contributed by atoms with E-state index >= 15 is 0 Å². The Hall–Kier alpha value is -1.47. The van der Waals surface area contributed by atoms with Gasteiger partial charge in [0.25, 0.3) is 11.8 Å². The molecule has 92 valence electrons. The third-order valence-electron chi connectivity index (χ3n) is 2.30. The standard InChI is InChI=1S/C10H13N3O3S/c1-16-5-7(14)13-10-12-6-3-2-4-11-9(15)8(6)17-10/h2-5H2,1H3,(H,11,15)(H,12,13,14). The average Bonchev–Trinajstić information content (AvgIpc) is 2.60. The van der Waals surface area contributed by atoms with Crippen molar-refractivity contribution in [2.24, 2.45) is 0 Å². The smallest absolute Gasteiger partial charge is 0.263 e. The summed E-state index contributed by atoms with van der Waals surface area (Å²) < 4.78 is 4.70. The topological polar surface area (TPSA) is 80.3 Å². The number of nitrogens with one attached hydrogen (secondary N) is 2. The van der Waals surface area contributed by atoms with Crippen molar-refractivity contribution in [3.8, 4) is 0 Å². The zero-order valence-electron chi connectivity index (χ0n) is 9.41. The number of hydrogen-bond donors (Lipinski definition) is 2. The highest BCUT2D eigenvalue weighted by Crippen LogP contribution is 2.25. The van der Waals surface area contributed by atoms with Gasteiger partial charge < -0.3 is 10.1 Å². The molecule has 0 aliphatic carbocycles. The van der Waals surface area contributed by atoms with Gasteiger partial charge in [-0.05, 0) is 12.8 Å². The van der Waals surface area contributed by atoms with Crippen LogP contribution < -0.4 is 10.6 Å². The second kappa shape index (κ2) is 5.24. The lowest BCUT2D eigenvalue weighted by molar-refractivity contribution is -0.119. The van der Waals surface area contributed by atoms with E-state index in [1.165, 1.54) is 18.4 Å². The fourth-order valence-corrected chi connectivity index (χ4v) is 2.52. The number of nitrogens with zero attached hydrogens (tertiary/aromatic N) is 1. The summed E-state index contributed by atoms with van der Waals surface area (Å²) in [4.78, 5) is 27.8. The molecule has 1 aromatic rings. The maximum Gasteiger partial charge on any atom is 0.263 e. The molecule has 0 atom stereocenters. The van der Waals surface area contributed by atoms with Crippen molar-refractivity contribution in [3.63, 3.8) is 0 Å². The van der Waals surface area contributed by atoms with Gasteiger partial charge in [0.2, 0.25) is 0 Å². The molecular weight excluding hydrogens is 242 g/mol. The molecule has 2 heterocycles. The number of amides is 2. The molecule has 0 spiro atoms. The molecule has 1 aliphatic heterocycles. The van der Waals surface area contributed by atoms with Crippen molar-refractivity contribution in [3.05, 3.63) is 10.6 Å². The Bertz CT molecular complexity index is 444. The van der Waals surface area contributed by atoms with Crippen molar-refractivity contribution >= 4 is 28.3 Å². The second-order valence-corrected chi connectivity index (χ2v) is 4.63. The number of rotatable bonds is 3. The Morgan fingerprint density at radius 1 is 1.65 bits per heavy atom. The van der Waals surface area contributed by atoms with E-state index in [0.717, 1.165) is 18.5 Å². The van der Waals surface area contributed by atoms with Crippen LogP contribution in [0.3, 0.4) is 0 Å². The quantitative estimate of drug-likeness (QED) is 0.819. The van der Waals surface area contributed by atoms with E-state index in [9.17, 15) is 9.59 Å². The number of aromatic nitrogens is 1. The predicted octanol–water partition coefficient (Wildman–Crippen LogP) is 0.404. The van der Waals surface area contributed by atoms with Crippen molar-refractivity contribution < 1.29 is 14.3 Å². The first-order valence-electron chi connectivity index (χ1n) is 5.27. The first kappa shape index (κ1) is 12.0. The van der Waals surface area contributed by atoms with Gasteiger partial charge in [0.05, 0.1) is 5.69 Å². The van der Waals surface area contributed by atoms with Gasteiger partial charge in [-0.15, -0.1) is 0 Å². The summed E-state index contributed by atoms with van der Waals surface area (Å²) in [7, 11) is 1.45. The average molecular weight is 255 g/mol. The number of anilines is 1. The minimum atomic E-state index is -0.267. The van der Waals surface area contributed by atoms with Crippen LogP contribution in [0.5, 0.6) is 0 Å². The summed E-state index contributed by atoms with van der Waals surface area (Å²) >= 11 is 1.20. The Balaban J connectivity index is 2.14. The van der Waals surface area contributed by atoms with E-state index in [1.54, 1.807) is 0 Å². The summed E-state index contributed by atoms with van der Waals surface area (Å²) in [5, 5.41) is 5.84. The monoisotopic (exact) mass is 255 g/mol. The summed E-state index contributed by atoms with van der Waals surface area (Å²) in [5.74, 6) is -0.376. The fraction of sp³-hybridized carbons (Fsp3) is 0.500. The Labute approximate surface area is 102 Å². The zero-order chi connectivity index (χ0) is 12.3. The van der Waals surface area contributed by atoms with Crippen molar-refractivity contribution in [2.45, 2.75) is 12.8 Å². The Morgan fingerprint density at radius 2 is 2.47 bits per heavy atom. The van der Waals surface area contributed by atoms with Gasteiger partial charge in [0.15, 0.2) is 5.13 Å². The van der Waals surface area contributed by atoms with Gasteiger partial charge in [0, 0.05) is 13.7 Å². The summed E-state index contributed by atoms with van der Waals surface area (Å²) in [6, 6.07) is 0. The van der Waals surface area contributed by atoms with Crippen LogP contribution in [0, 0.1) is 0 Å². The normalized spacial score (nSPS) is 14.8. The molecular formula is C10H13N3O3S. The molecule has 0 bridgehead atoms. The van der Waals surface area contributed by atoms with Crippen molar-refractivity contribution in [1.29, 1.82) is 0 Å². The van der Waals surface area contributed by atoms with Crippen LogP contribution in [0.2, 0.25) is 0 Å². The number of thiazole rings is 1. The molecule has 2 N–H and O–H groups in total. The van der Waals surface area contributed by atoms with Crippen LogP contribution in [-0.4, -0.2) is 37.1 Å². The van der Waals surface area contributed by atoms with Crippen molar-refractivity contribution in [2.75, 3.05) is 25.6 Å². The highest BCUT2D eigenvalue weighted by Gasteiger charge is 2.20. The number of ether oxygens (including phenoxy) is 1. The Kier molecular flexibility index (Phi) is 3.70. The van der Waals surface area contributed by atoms with Crippen LogP contribution in [0.15, 0.2) is 0 Å². The zero-order valence-corrected chi connectivity index (χ0v) is 10.2. The molecule has 2 amide bonds. The van der Waals surface area contributed by atoms with Gasteiger partial charge in [0.1, 0.15) is 11.5 Å².